The van der Waals surface area contributed by atoms with E-state index in [0.717, 1.165) is 18.9 Å². The van der Waals surface area contributed by atoms with Crippen molar-refractivity contribution in [1.82, 2.24) is 9.88 Å². The lowest BCUT2D eigenvalue weighted by Gasteiger charge is -2.36. The number of nitrogens with one attached hydrogen (secondary N) is 1. The molecular formula is C22H27FN4O2. The minimum atomic E-state index is -0.382. The van der Waals surface area contributed by atoms with Crippen LogP contribution >= 0.6 is 0 Å². The molecule has 1 aliphatic heterocycles. The topological polar surface area (TPSA) is 65.5 Å². The zero-order valence-electron chi connectivity index (χ0n) is 17.1. The summed E-state index contributed by atoms with van der Waals surface area (Å²) in [7, 11) is 0. The van der Waals surface area contributed by atoms with Gasteiger partial charge in [0.1, 0.15) is 11.6 Å². The van der Waals surface area contributed by atoms with Gasteiger partial charge in [-0.1, -0.05) is 20.8 Å². The molecule has 0 saturated carbocycles. The van der Waals surface area contributed by atoms with Gasteiger partial charge in [-0.2, -0.15) is 0 Å². The van der Waals surface area contributed by atoms with Gasteiger partial charge >= 0.3 is 0 Å². The van der Waals surface area contributed by atoms with Crippen LogP contribution in [-0.4, -0.2) is 47.9 Å². The Morgan fingerprint density at radius 2 is 1.69 bits per heavy atom. The third kappa shape index (κ3) is 5.76. The first-order chi connectivity index (χ1) is 13.7. The number of benzene rings is 1. The first-order valence-corrected chi connectivity index (χ1v) is 9.77. The summed E-state index contributed by atoms with van der Waals surface area (Å²) in [6.45, 7) is 9.03. The molecule has 6 nitrogen and oxygen atoms in total. The Kier molecular flexibility index (Phi) is 6.15. The molecule has 7 heteroatoms. The van der Waals surface area contributed by atoms with Crippen LogP contribution in [0.4, 0.5) is 15.9 Å². The van der Waals surface area contributed by atoms with E-state index in [1.165, 1.54) is 24.3 Å². The monoisotopic (exact) mass is 398 g/mol. The molecule has 1 fully saturated rings. The zero-order valence-corrected chi connectivity index (χ0v) is 17.1. The maximum Gasteiger partial charge on any atom is 0.255 e. The molecule has 1 saturated heterocycles. The Morgan fingerprint density at radius 3 is 2.24 bits per heavy atom. The number of pyridine rings is 1. The average Bonchev–Trinajstić information content (AvgIpc) is 2.68. The van der Waals surface area contributed by atoms with Crippen molar-refractivity contribution >= 4 is 23.3 Å². The highest BCUT2D eigenvalue weighted by molar-refractivity contribution is 6.04. The third-order valence-electron chi connectivity index (χ3n) is 4.75. The predicted molar refractivity (Wildman–Crippen MR) is 111 cm³/mol. The van der Waals surface area contributed by atoms with Gasteiger partial charge in [0, 0.05) is 38.2 Å². The van der Waals surface area contributed by atoms with E-state index < -0.39 is 0 Å². The molecule has 2 amide bonds. The molecule has 1 aliphatic rings. The number of carbonyl (C=O) groups excluding carboxylic acids is 2. The summed E-state index contributed by atoms with van der Waals surface area (Å²) in [6, 6.07) is 9.03. The SMILES string of the molecule is CC(C)(C)CC(=O)N1CCN(c2ccc(NC(=O)c3ccc(F)cc3)cn2)CC1. The van der Waals surface area contributed by atoms with Gasteiger partial charge in [0.05, 0.1) is 11.9 Å². The molecule has 0 bridgehead atoms. The second-order valence-corrected chi connectivity index (χ2v) is 8.47. The van der Waals surface area contributed by atoms with Crippen LogP contribution < -0.4 is 10.2 Å². The smallest absolute Gasteiger partial charge is 0.255 e. The summed E-state index contributed by atoms with van der Waals surface area (Å²) in [4.78, 5) is 33.1. The Hall–Kier alpha value is -2.96. The maximum atomic E-state index is 13.0. The average molecular weight is 398 g/mol. The first-order valence-electron chi connectivity index (χ1n) is 9.77. The summed E-state index contributed by atoms with van der Waals surface area (Å²) in [5.74, 6) is 0.315. The normalized spacial score (nSPS) is 14.6. The lowest BCUT2D eigenvalue weighted by atomic mass is 9.91. The molecule has 0 spiro atoms. The Bertz CT molecular complexity index is 852. The van der Waals surface area contributed by atoms with Gasteiger partial charge in [0.15, 0.2) is 0 Å². The third-order valence-corrected chi connectivity index (χ3v) is 4.75. The number of hydrogen-bond acceptors (Lipinski definition) is 4. The van der Waals surface area contributed by atoms with Crippen molar-refractivity contribution in [2.75, 3.05) is 36.4 Å². The van der Waals surface area contributed by atoms with Crippen LogP contribution in [0.3, 0.4) is 0 Å². The predicted octanol–water partition coefficient (Wildman–Crippen LogP) is 3.56. The number of carbonyl (C=O) groups is 2. The van der Waals surface area contributed by atoms with Crippen molar-refractivity contribution in [3.63, 3.8) is 0 Å². The van der Waals surface area contributed by atoms with Gasteiger partial charge in [-0.3, -0.25) is 9.59 Å². The van der Waals surface area contributed by atoms with Crippen LogP contribution in [0.1, 0.15) is 37.6 Å². The minimum Gasteiger partial charge on any atom is -0.353 e. The fourth-order valence-electron chi connectivity index (χ4n) is 3.20. The fourth-order valence-corrected chi connectivity index (χ4v) is 3.20. The lowest BCUT2D eigenvalue weighted by molar-refractivity contribution is -0.133. The number of anilines is 2. The molecule has 0 unspecified atom stereocenters. The van der Waals surface area contributed by atoms with E-state index in [4.69, 9.17) is 0 Å². The molecule has 0 radical (unpaired) electrons. The van der Waals surface area contributed by atoms with Crippen molar-refractivity contribution in [1.29, 1.82) is 0 Å². The standard InChI is InChI=1S/C22H27FN4O2/c1-22(2,3)14-20(28)27-12-10-26(11-13-27)19-9-8-18(15-24-19)25-21(29)16-4-6-17(23)7-5-16/h4-9,15H,10-14H2,1-3H3,(H,25,29). The molecule has 3 rings (SSSR count). The summed E-state index contributed by atoms with van der Waals surface area (Å²) in [5.41, 5.74) is 0.942. The van der Waals surface area contributed by atoms with Crippen LogP contribution in [0, 0.1) is 11.2 Å². The second kappa shape index (κ2) is 8.59. The number of nitrogens with zero attached hydrogens (tertiary/aromatic N) is 3. The molecule has 0 atom stereocenters. The summed E-state index contributed by atoms with van der Waals surface area (Å²) < 4.78 is 13.0. The molecule has 2 heterocycles. The van der Waals surface area contributed by atoms with E-state index in [-0.39, 0.29) is 23.0 Å². The number of halogens is 1. The fraction of sp³-hybridized carbons (Fsp3) is 0.409. The second-order valence-electron chi connectivity index (χ2n) is 8.47. The zero-order chi connectivity index (χ0) is 21.0. The lowest BCUT2D eigenvalue weighted by Crippen LogP contribution is -2.49. The van der Waals surface area contributed by atoms with Gasteiger partial charge in [-0.05, 0) is 41.8 Å². The number of amides is 2. The molecule has 1 aromatic carbocycles. The Labute approximate surface area is 170 Å². The number of aromatic nitrogens is 1. The quantitative estimate of drug-likeness (QED) is 0.855. The van der Waals surface area contributed by atoms with E-state index in [1.54, 1.807) is 12.3 Å². The molecule has 2 aromatic rings. The molecule has 1 aromatic heterocycles. The van der Waals surface area contributed by atoms with Crippen molar-refractivity contribution in [2.45, 2.75) is 27.2 Å². The first kappa shape index (κ1) is 20.8. The molecule has 154 valence electrons. The summed E-state index contributed by atoms with van der Waals surface area (Å²) >= 11 is 0. The highest BCUT2D eigenvalue weighted by atomic mass is 19.1. The maximum absolute atomic E-state index is 13.0. The molecule has 29 heavy (non-hydrogen) atoms. The highest BCUT2D eigenvalue weighted by Crippen LogP contribution is 2.22. The van der Waals surface area contributed by atoms with Gasteiger partial charge in [-0.15, -0.1) is 0 Å². The number of hydrogen-bond donors (Lipinski definition) is 1. The Balaban J connectivity index is 1.54. The highest BCUT2D eigenvalue weighted by Gasteiger charge is 2.25. The summed E-state index contributed by atoms with van der Waals surface area (Å²) in [5, 5.41) is 2.76. The van der Waals surface area contributed by atoms with Crippen LogP contribution in [0.5, 0.6) is 0 Å². The van der Waals surface area contributed by atoms with Crippen LogP contribution in [-0.2, 0) is 4.79 Å². The van der Waals surface area contributed by atoms with E-state index in [9.17, 15) is 14.0 Å². The van der Waals surface area contributed by atoms with Crippen molar-refractivity contribution in [3.8, 4) is 0 Å². The number of rotatable bonds is 4. The van der Waals surface area contributed by atoms with E-state index in [2.05, 4.69) is 36.0 Å². The van der Waals surface area contributed by atoms with Gasteiger partial charge in [-0.25, -0.2) is 9.37 Å². The van der Waals surface area contributed by atoms with Crippen LogP contribution in [0.15, 0.2) is 42.6 Å². The van der Waals surface area contributed by atoms with E-state index in [1.807, 2.05) is 11.0 Å². The van der Waals surface area contributed by atoms with Crippen molar-refractivity contribution < 1.29 is 14.0 Å². The molecule has 1 N–H and O–H groups in total. The van der Waals surface area contributed by atoms with E-state index in [0.29, 0.717) is 30.8 Å². The number of piperazine rings is 1. The van der Waals surface area contributed by atoms with Crippen LogP contribution in [0.2, 0.25) is 0 Å². The van der Waals surface area contributed by atoms with Crippen molar-refractivity contribution in [2.24, 2.45) is 5.41 Å². The summed E-state index contributed by atoms with van der Waals surface area (Å²) in [6.07, 6.45) is 2.15. The van der Waals surface area contributed by atoms with Gasteiger partial charge in [0.2, 0.25) is 5.91 Å². The van der Waals surface area contributed by atoms with Gasteiger partial charge < -0.3 is 15.1 Å². The molecule has 0 aliphatic carbocycles. The van der Waals surface area contributed by atoms with Crippen LogP contribution in [0.25, 0.3) is 0 Å². The van der Waals surface area contributed by atoms with Crippen molar-refractivity contribution in [3.05, 3.63) is 54.0 Å². The Morgan fingerprint density at radius 1 is 1.03 bits per heavy atom. The minimum absolute atomic E-state index is 0.00997. The largest absolute Gasteiger partial charge is 0.353 e. The molecular weight excluding hydrogens is 371 g/mol. The van der Waals surface area contributed by atoms with E-state index >= 15 is 0 Å². The van der Waals surface area contributed by atoms with Gasteiger partial charge in [0.25, 0.3) is 5.91 Å².